The minimum absolute atomic E-state index is 0.787. The van der Waals surface area contributed by atoms with Crippen molar-refractivity contribution in [3.8, 4) is 0 Å². The maximum atomic E-state index is 5.91. The van der Waals surface area contributed by atoms with Gasteiger partial charge in [0.15, 0.2) is 0 Å². The smallest absolute Gasteiger partial charge is 0.133 e. The summed E-state index contributed by atoms with van der Waals surface area (Å²) >= 11 is 7.71. The Morgan fingerprint density at radius 2 is 2.19 bits per heavy atom. The topological polar surface area (TPSA) is 26.0 Å². The van der Waals surface area contributed by atoms with Gasteiger partial charge in [-0.05, 0) is 24.6 Å². The van der Waals surface area contributed by atoms with E-state index in [9.17, 15) is 0 Å². The van der Waals surface area contributed by atoms with E-state index in [2.05, 4.69) is 11.2 Å². The molecule has 4 heteroatoms. The van der Waals surface area contributed by atoms with Gasteiger partial charge in [-0.1, -0.05) is 28.9 Å². The monoisotopic (exact) mass is 253 g/mol. The van der Waals surface area contributed by atoms with Crippen LogP contribution in [0.1, 0.15) is 17.0 Å². The average molecular weight is 254 g/mol. The number of halogens is 1. The van der Waals surface area contributed by atoms with Crippen molar-refractivity contribution in [3.63, 3.8) is 0 Å². The van der Waals surface area contributed by atoms with E-state index in [1.807, 2.05) is 31.2 Å². The van der Waals surface area contributed by atoms with Gasteiger partial charge in [0.1, 0.15) is 5.76 Å². The van der Waals surface area contributed by atoms with Crippen molar-refractivity contribution < 1.29 is 4.52 Å². The molecule has 1 aromatic heterocycles. The lowest BCUT2D eigenvalue weighted by molar-refractivity contribution is 0.393. The molecule has 2 aromatic rings. The summed E-state index contributed by atoms with van der Waals surface area (Å²) < 4.78 is 5.00. The summed E-state index contributed by atoms with van der Waals surface area (Å²) in [7, 11) is 0. The second-order valence-corrected chi connectivity index (χ2v) is 4.97. The van der Waals surface area contributed by atoms with Gasteiger partial charge in [0.05, 0.1) is 5.69 Å². The molecule has 16 heavy (non-hydrogen) atoms. The summed E-state index contributed by atoms with van der Waals surface area (Å²) in [6.07, 6.45) is 0. The highest BCUT2D eigenvalue weighted by Crippen LogP contribution is 2.19. The highest BCUT2D eigenvalue weighted by Gasteiger charge is 2.01. The second-order valence-electron chi connectivity index (χ2n) is 3.55. The number of benzene rings is 1. The van der Waals surface area contributed by atoms with Crippen molar-refractivity contribution in [2.45, 2.75) is 18.4 Å². The minimum Gasteiger partial charge on any atom is -0.361 e. The van der Waals surface area contributed by atoms with Gasteiger partial charge in [-0.2, -0.15) is 11.8 Å². The Kier molecular flexibility index (Phi) is 3.91. The van der Waals surface area contributed by atoms with Crippen LogP contribution in [0.4, 0.5) is 0 Å². The van der Waals surface area contributed by atoms with Crippen molar-refractivity contribution in [2.24, 2.45) is 0 Å². The molecule has 0 bridgehead atoms. The standard InChI is InChI=1S/C12H12ClNOS/c1-9-5-12(14-15-9)8-16-7-10-3-2-4-11(13)6-10/h2-6H,7-8H2,1H3. The molecular formula is C12H12ClNOS. The van der Waals surface area contributed by atoms with Gasteiger partial charge in [0.2, 0.25) is 0 Å². The number of hydrogen-bond donors (Lipinski definition) is 0. The van der Waals surface area contributed by atoms with Gasteiger partial charge in [-0.15, -0.1) is 0 Å². The zero-order chi connectivity index (χ0) is 11.4. The molecule has 2 rings (SSSR count). The number of aryl methyl sites for hydroxylation is 1. The Balaban J connectivity index is 1.84. The molecule has 0 saturated carbocycles. The highest BCUT2D eigenvalue weighted by atomic mass is 35.5. The van der Waals surface area contributed by atoms with Gasteiger partial charge in [-0.25, -0.2) is 0 Å². The Bertz CT molecular complexity index is 470. The third kappa shape index (κ3) is 3.29. The third-order valence-electron chi connectivity index (χ3n) is 2.08. The molecule has 0 atom stereocenters. The maximum absolute atomic E-state index is 5.91. The van der Waals surface area contributed by atoms with Crippen LogP contribution in [0.15, 0.2) is 34.9 Å². The van der Waals surface area contributed by atoms with E-state index in [1.165, 1.54) is 5.56 Å². The Morgan fingerprint density at radius 1 is 1.31 bits per heavy atom. The van der Waals surface area contributed by atoms with E-state index in [0.29, 0.717) is 0 Å². The van der Waals surface area contributed by atoms with Crippen LogP contribution in [0.3, 0.4) is 0 Å². The SMILES string of the molecule is Cc1cc(CSCc2cccc(Cl)c2)no1. The normalized spacial score (nSPS) is 10.6. The molecule has 0 saturated heterocycles. The van der Waals surface area contributed by atoms with E-state index in [1.54, 1.807) is 11.8 Å². The lowest BCUT2D eigenvalue weighted by Gasteiger charge is -2.00. The predicted octanol–water partition coefficient (Wildman–Crippen LogP) is 4.07. The van der Waals surface area contributed by atoms with Crippen LogP contribution in [0.2, 0.25) is 5.02 Å². The Labute approximate surface area is 104 Å². The van der Waals surface area contributed by atoms with E-state index in [4.69, 9.17) is 16.1 Å². The molecule has 0 amide bonds. The van der Waals surface area contributed by atoms with Gasteiger partial charge < -0.3 is 4.52 Å². The summed E-state index contributed by atoms with van der Waals surface area (Å²) in [6, 6.07) is 9.88. The fourth-order valence-corrected chi connectivity index (χ4v) is 2.46. The summed E-state index contributed by atoms with van der Waals surface area (Å²) in [5, 5.41) is 4.73. The lowest BCUT2D eigenvalue weighted by Crippen LogP contribution is -1.83. The van der Waals surface area contributed by atoms with Crippen molar-refractivity contribution in [3.05, 3.63) is 52.4 Å². The van der Waals surface area contributed by atoms with Crippen LogP contribution < -0.4 is 0 Å². The molecule has 0 aliphatic heterocycles. The zero-order valence-corrected chi connectivity index (χ0v) is 10.5. The first-order chi connectivity index (χ1) is 7.74. The van der Waals surface area contributed by atoms with Gasteiger partial charge in [0, 0.05) is 22.6 Å². The Morgan fingerprint density at radius 3 is 2.88 bits per heavy atom. The molecule has 1 heterocycles. The van der Waals surface area contributed by atoms with Gasteiger partial charge >= 0.3 is 0 Å². The molecule has 0 radical (unpaired) electrons. The summed E-state index contributed by atoms with van der Waals surface area (Å²) in [5.41, 5.74) is 2.22. The average Bonchev–Trinajstić information content (AvgIpc) is 2.64. The summed E-state index contributed by atoms with van der Waals surface area (Å²) in [6.45, 7) is 1.90. The van der Waals surface area contributed by atoms with Crippen LogP contribution in [0.5, 0.6) is 0 Å². The van der Waals surface area contributed by atoms with Crippen molar-refractivity contribution in [1.29, 1.82) is 0 Å². The highest BCUT2D eigenvalue weighted by molar-refractivity contribution is 7.97. The van der Waals surface area contributed by atoms with Crippen LogP contribution in [-0.2, 0) is 11.5 Å². The van der Waals surface area contributed by atoms with E-state index in [0.717, 1.165) is 28.0 Å². The maximum Gasteiger partial charge on any atom is 0.133 e. The molecule has 0 aliphatic carbocycles. The van der Waals surface area contributed by atoms with Gasteiger partial charge in [0.25, 0.3) is 0 Å². The summed E-state index contributed by atoms with van der Waals surface area (Å²) in [4.78, 5) is 0. The molecule has 2 nitrogen and oxygen atoms in total. The van der Waals surface area contributed by atoms with Crippen molar-refractivity contribution in [1.82, 2.24) is 5.16 Å². The Hall–Kier alpha value is -0.930. The number of thioether (sulfide) groups is 1. The fraction of sp³-hybridized carbons (Fsp3) is 0.250. The first kappa shape index (κ1) is 11.6. The quantitative estimate of drug-likeness (QED) is 0.822. The first-order valence-electron chi connectivity index (χ1n) is 4.98. The van der Waals surface area contributed by atoms with Crippen molar-refractivity contribution in [2.75, 3.05) is 0 Å². The predicted molar refractivity (Wildman–Crippen MR) is 67.7 cm³/mol. The van der Waals surface area contributed by atoms with Crippen LogP contribution in [-0.4, -0.2) is 5.16 Å². The second kappa shape index (κ2) is 5.41. The largest absolute Gasteiger partial charge is 0.361 e. The zero-order valence-electron chi connectivity index (χ0n) is 8.94. The number of nitrogens with zero attached hydrogens (tertiary/aromatic N) is 1. The molecule has 0 spiro atoms. The number of hydrogen-bond acceptors (Lipinski definition) is 3. The molecule has 1 aromatic carbocycles. The first-order valence-corrected chi connectivity index (χ1v) is 6.52. The molecule has 0 fully saturated rings. The van der Waals surface area contributed by atoms with Crippen LogP contribution in [0, 0.1) is 6.92 Å². The van der Waals surface area contributed by atoms with Crippen LogP contribution in [0.25, 0.3) is 0 Å². The molecular weight excluding hydrogens is 242 g/mol. The van der Waals surface area contributed by atoms with E-state index < -0.39 is 0 Å². The van der Waals surface area contributed by atoms with E-state index in [-0.39, 0.29) is 0 Å². The molecule has 84 valence electrons. The third-order valence-corrected chi connectivity index (χ3v) is 3.36. The minimum atomic E-state index is 0.787. The van der Waals surface area contributed by atoms with Gasteiger partial charge in [-0.3, -0.25) is 0 Å². The number of rotatable bonds is 4. The molecule has 0 aliphatic rings. The van der Waals surface area contributed by atoms with Crippen LogP contribution >= 0.6 is 23.4 Å². The van der Waals surface area contributed by atoms with Crippen molar-refractivity contribution >= 4 is 23.4 Å². The molecule has 0 unspecified atom stereocenters. The molecule has 0 N–H and O–H groups in total. The number of aromatic nitrogens is 1. The summed E-state index contributed by atoms with van der Waals surface area (Å²) in [5.74, 6) is 2.66. The fourth-order valence-electron chi connectivity index (χ4n) is 1.39. The lowest BCUT2D eigenvalue weighted by atomic mass is 10.2. The van der Waals surface area contributed by atoms with E-state index >= 15 is 0 Å².